The second-order valence-electron chi connectivity index (χ2n) is 6.14. The molecular formula is C20H28N2O6. The Kier molecular flexibility index (Phi) is 9.70. The Morgan fingerprint density at radius 2 is 1.14 bits per heavy atom. The first-order valence-electron chi connectivity index (χ1n) is 9.22. The average Bonchev–Trinajstić information content (AvgIpc) is 2.63. The van der Waals surface area contributed by atoms with Crippen molar-refractivity contribution < 1.29 is 28.7 Å². The molecule has 0 aliphatic rings. The number of esters is 2. The normalized spacial score (nSPS) is 12.4. The van der Waals surface area contributed by atoms with Crippen LogP contribution >= 0.6 is 0 Å². The van der Waals surface area contributed by atoms with E-state index in [0.717, 1.165) is 0 Å². The highest BCUT2D eigenvalue weighted by molar-refractivity contribution is 5.99. The van der Waals surface area contributed by atoms with E-state index in [2.05, 4.69) is 10.6 Å². The van der Waals surface area contributed by atoms with Crippen LogP contribution in [0.25, 0.3) is 0 Å². The number of rotatable bonds is 12. The van der Waals surface area contributed by atoms with Gasteiger partial charge in [-0.25, -0.2) is 0 Å². The van der Waals surface area contributed by atoms with Crippen LogP contribution in [0.2, 0.25) is 0 Å². The maximum atomic E-state index is 11.9. The number of ether oxygens (including phenoxy) is 2. The molecule has 0 fully saturated rings. The van der Waals surface area contributed by atoms with Crippen LogP contribution in [0.5, 0.6) is 0 Å². The zero-order chi connectivity index (χ0) is 21.1. The molecule has 0 aliphatic heterocycles. The zero-order valence-corrected chi connectivity index (χ0v) is 16.7. The predicted molar refractivity (Wildman–Crippen MR) is 105 cm³/mol. The van der Waals surface area contributed by atoms with Crippen LogP contribution in [-0.4, -0.2) is 49.8 Å². The fourth-order valence-corrected chi connectivity index (χ4v) is 2.49. The van der Waals surface area contributed by atoms with E-state index >= 15 is 0 Å². The molecule has 0 radical (unpaired) electrons. The highest BCUT2D eigenvalue weighted by Crippen LogP contribution is 2.22. The summed E-state index contributed by atoms with van der Waals surface area (Å²) >= 11 is 0. The third kappa shape index (κ3) is 7.02. The molecule has 0 aromatic heterocycles. The van der Waals surface area contributed by atoms with E-state index < -0.39 is 23.8 Å². The smallest absolute Gasteiger partial charge is 0.318 e. The lowest BCUT2D eigenvalue weighted by Gasteiger charge is -2.19. The first kappa shape index (κ1) is 23.1. The van der Waals surface area contributed by atoms with Crippen molar-refractivity contribution in [1.82, 2.24) is 0 Å². The van der Waals surface area contributed by atoms with Crippen LogP contribution in [0.15, 0.2) is 24.3 Å². The van der Waals surface area contributed by atoms with E-state index in [-0.39, 0.29) is 37.9 Å². The average molecular weight is 392 g/mol. The molecule has 0 amide bonds. The summed E-state index contributed by atoms with van der Waals surface area (Å²) in [6.07, 6.45) is 0. The van der Waals surface area contributed by atoms with E-state index in [1.54, 1.807) is 38.1 Å². The van der Waals surface area contributed by atoms with Crippen molar-refractivity contribution >= 4 is 34.9 Å². The summed E-state index contributed by atoms with van der Waals surface area (Å²) in [6, 6.07) is 7.10. The highest BCUT2D eigenvalue weighted by atomic mass is 16.5. The van der Waals surface area contributed by atoms with E-state index in [1.807, 2.05) is 0 Å². The van der Waals surface area contributed by atoms with E-state index in [0.29, 0.717) is 11.4 Å². The molecule has 0 heterocycles. The minimum atomic E-state index is -0.919. The monoisotopic (exact) mass is 392 g/mol. The molecule has 2 unspecified atom stereocenters. The molecule has 154 valence electrons. The fraction of sp³-hybridized carbons (Fsp3) is 0.500. The Hall–Kier alpha value is -2.90. The molecule has 0 aliphatic carbocycles. The van der Waals surface area contributed by atoms with Gasteiger partial charge in [-0.15, -0.1) is 0 Å². The Bertz CT molecular complexity index is 645. The third-order valence-electron chi connectivity index (χ3n) is 4.04. The summed E-state index contributed by atoms with van der Waals surface area (Å²) in [5.74, 6) is -3.58. The maximum Gasteiger partial charge on any atom is 0.318 e. The molecule has 0 saturated heterocycles. The number of hydrogen-bond donors (Lipinski definition) is 2. The maximum absolute atomic E-state index is 11.9. The molecule has 8 heteroatoms. The number of anilines is 2. The molecule has 1 aromatic carbocycles. The largest absolute Gasteiger partial charge is 0.465 e. The molecule has 28 heavy (non-hydrogen) atoms. The van der Waals surface area contributed by atoms with Gasteiger partial charge in [0.25, 0.3) is 0 Å². The van der Waals surface area contributed by atoms with Gasteiger partial charge in [-0.3, -0.25) is 19.2 Å². The van der Waals surface area contributed by atoms with Crippen LogP contribution in [0.4, 0.5) is 11.4 Å². The van der Waals surface area contributed by atoms with Crippen molar-refractivity contribution in [2.75, 3.05) is 36.9 Å². The fourth-order valence-electron chi connectivity index (χ4n) is 2.49. The van der Waals surface area contributed by atoms with Crippen molar-refractivity contribution in [3.63, 3.8) is 0 Å². The van der Waals surface area contributed by atoms with E-state index in [4.69, 9.17) is 9.47 Å². The van der Waals surface area contributed by atoms with Gasteiger partial charge in [0, 0.05) is 13.1 Å². The topological polar surface area (TPSA) is 111 Å². The minimum Gasteiger partial charge on any atom is -0.465 e. The molecular weight excluding hydrogens is 364 g/mol. The molecule has 0 saturated carbocycles. The number of benzene rings is 1. The highest BCUT2D eigenvalue weighted by Gasteiger charge is 2.26. The minimum absolute atomic E-state index is 0.0703. The van der Waals surface area contributed by atoms with Crippen molar-refractivity contribution in [3.05, 3.63) is 24.3 Å². The number of hydrogen-bond acceptors (Lipinski definition) is 8. The SMILES string of the molecule is CCOC(=O)C(CNc1ccccc1NCC(C(C)=O)C(=O)OCC)C(C)=O. The Balaban J connectivity index is 2.83. The van der Waals surface area contributed by atoms with Crippen molar-refractivity contribution in [1.29, 1.82) is 0 Å². The lowest BCUT2D eigenvalue weighted by Crippen LogP contribution is -2.32. The summed E-state index contributed by atoms with van der Waals surface area (Å²) in [4.78, 5) is 47.4. The summed E-state index contributed by atoms with van der Waals surface area (Å²) in [7, 11) is 0. The van der Waals surface area contributed by atoms with Crippen LogP contribution in [0.3, 0.4) is 0 Å². The summed E-state index contributed by atoms with van der Waals surface area (Å²) < 4.78 is 9.87. The molecule has 0 spiro atoms. The molecule has 1 rings (SSSR count). The van der Waals surface area contributed by atoms with Crippen LogP contribution in [-0.2, 0) is 28.7 Å². The van der Waals surface area contributed by atoms with Gasteiger partial charge in [0.15, 0.2) is 0 Å². The number of carbonyl (C=O) groups excluding carboxylic acids is 4. The van der Waals surface area contributed by atoms with Gasteiger partial charge in [0.1, 0.15) is 23.4 Å². The summed E-state index contributed by atoms with van der Waals surface area (Å²) in [6.45, 7) is 6.56. The molecule has 1 aromatic rings. The summed E-state index contributed by atoms with van der Waals surface area (Å²) in [5.41, 5.74) is 1.26. The van der Waals surface area contributed by atoms with Gasteiger partial charge in [-0.2, -0.15) is 0 Å². The number of carbonyl (C=O) groups is 4. The van der Waals surface area contributed by atoms with Gasteiger partial charge in [-0.05, 0) is 39.8 Å². The Morgan fingerprint density at radius 1 is 0.786 bits per heavy atom. The van der Waals surface area contributed by atoms with Gasteiger partial charge >= 0.3 is 11.9 Å². The quantitative estimate of drug-likeness (QED) is 0.411. The molecule has 0 bridgehead atoms. The van der Waals surface area contributed by atoms with E-state index in [1.165, 1.54) is 13.8 Å². The predicted octanol–water partition coefficient (Wildman–Crippen LogP) is 2.05. The lowest BCUT2D eigenvalue weighted by molar-refractivity contribution is -0.152. The number of Topliss-reactive ketones (excluding diaryl/α,β-unsaturated/α-hetero) is 2. The van der Waals surface area contributed by atoms with Crippen LogP contribution in [0.1, 0.15) is 27.7 Å². The second-order valence-corrected chi connectivity index (χ2v) is 6.14. The number of ketones is 2. The van der Waals surface area contributed by atoms with E-state index in [9.17, 15) is 19.2 Å². The van der Waals surface area contributed by atoms with Crippen molar-refractivity contribution in [3.8, 4) is 0 Å². The number of nitrogens with one attached hydrogen (secondary N) is 2. The zero-order valence-electron chi connectivity index (χ0n) is 16.7. The Morgan fingerprint density at radius 3 is 1.43 bits per heavy atom. The summed E-state index contributed by atoms with van der Waals surface area (Å²) in [5, 5.41) is 6.11. The molecule has 2 atom stereocenters. The number of para-hydroxylation sites is 2. The van der Waals surface area contributed by atoms with Crippen molar-refractivity contribution in [2.45, 2.75) is 27.7 Å². The molecule has 8 nitrogen and oxygen atoms in total. The first-order chi connectivity index (χ1) is 13.3. The third-order valence-corrected chi connectivity index (χ3v) is 4.04. The van der Waals surface area contributed by atoms with Crippen molar-refractivity contribution in [2.24, 2.45) is 11.8 Å². The van der Waals surface area contributed by atoms with Crippen LogP contribution < -0.4 is 10.6 Å². The second kappa shape index (κ2) is 11.7. The lowest BCUT2D eigenvalue weighted by atomic mass is 10.0. The van der Waals surface area contributed by atoms with Crippen LogP contribution in [0, 0.1) is 11.8 Å². The molecule has 2 N–H and O–H groups in total. The van der Waals surface area contributed by atoms with Gasteiger partial charge < -0.3 is 20.1 Å². The van der Waals surface area contributed by atoms with Gasteiger partial charge in [-0.1, -0.05) is 12.1 Å². The Labute approximate surface area is 165 Å². The standard InChI is InChI=1S/C20H28N2O6/c1-5-27-19(25)15(13(3)23)11-21-17-9-7-8-10-18(17)22-12-16(14(4)24)20(26)28-6-2/h7-10,15-16,21-22H,5-6,11-12H2,1-4H3. The first-order valence-corrected chi connectivity index (χ1v) is 9.22. The van der Waals surface area contributed by atoms with Gasteiger partial charge in [0.2, 0.25) is 0 Å². The van der Waals surface area contributed by atoms with Gasteiger partial charge in [0.05, 0.1) is 24.6 Å².